The molecule has 6 nitrogen and oxygen atoms in total. The van der Waals surface area contributed by atoms with Gasteiger partial charge in [-0.15, -0.1) is 0 Å². The number of hydrogen-bond donors (Lipinski definition) is 2. The molecule has 1 fully saturated rings. The Labute approximate surface area is 120 Å². The molecule has 2 aromatic heterocycles. The molecule has 1 aromatic carbocycles. The van der Waals surface area contributed by atoms with Gasteiger partial charge < -0.3 is 9.63 Å². The highest BCUT2D eigenvalue weighted by Crippen LogP contribution is 2.35. The molecule has 0 saturated heterocycles. The maximum absolute atomic E-state index is 9.85. The van der Waals surface area contributed by atoms with E-state index in [0.29, 0.717) is 28.8 Å². The molecule has 1 saturated carbocycles. The van der Waals surface area contributed by atoms with Gasteiger partial charge in [-0.3, -0.25) is 5.10 Å². The van der Waals surface area contributed by atoms with Crippen molar-refractivity contribution >= 4 is 0 Å². The van der Waals surface area contributed by atoms with Crippen LogP contribution in [-0.4, -0.2) is 25.4 Å². The highest BCUT2D eigenvalue weighted by atomic mass is 16.5. The fourth-order valence-corrected chi connectivity index (χ4v) is 2.44. The fraction of sp³-hybridized carbons (Fsp3) is 0.267. The Morgan fingerprint density at radius 3 is 2.86 bits per heavy atom. The number of rotatable bonds is 3. The number of aromatic nitrogens is 4. The van der Waals surface area contributed by atoms with Gasteiger partial charge in [0.05, 0.1) is 5.69 Å². The number of aromatic amines is 1. The van der Waals surface area contributed by atoms with Crippen molar-refractivity contribution in [3.05, 3.63) is 36.2 Å². The van der Waals surface area contributed by atoms with Crippen LogP contribution < -0.4 is 0 Å². The smallest absolute Gasteiger partial charge is 0.275 e. The van der Waals surface area contributed by atoms with E-state index in [1.807, 2.05) is 12.1 Å². The zero-order valence-electron chi connectivity index (χ0n) is 11.3. The molecule has 1 aliphatic carbocycles. The highest BCUT2D eigenvalue weighted by molar-refractivity contribution is 5.69. The second kappa shape index (κ2) is 4.73. The summed E-state index contributed by atoms with van der Waals surface area (Å²) in [6.07, 6.45) is 3.49. The minimum Gasteiger partial charge on any atom is -0.507 e. The summed E-state index contributed by atoms with van der Waals surface area (Å²) >= 11 is 0. The molecule has 2 heterocycles. The fourth-order valence-electron chi connectivity index (χ4n) is 2.44. The van der Waals surface area contributed by atoms with Crippen LogP contribution in [0.1, 0.15) is 31.0 Å². The highest BCUT2D eigenvalue weighted by Gasteiger charge is 2.25. The molecule has 1 aliphatic rings. The molecule has 0 atom stereocenters. The monoisotopic (exact) mass is 282 g/mol. The summed E-state index contributed by atoms with van der Waals surface area (Å²) in [4.78, 5) is 4.42. The molecule has 0 bridgehead atoms. The van der Waals surface area contributed by atoms with E-state index in [4.69, 9.17) is 4.52 Å². The minimum absolute atomic E-state index is 0.191. The summed E-state index contributed by atoms with van der Waals surface area (Å²) in [6.45, 7) is 0. The van der Waals surface area contributed by atoms with E-state index < -0.39 is 0 Å². The predicted octanol–water partition coefficient (Wildman–Crippen LogP) is 3.10. The summed E-state index contributed by atoms with van der Waals surface area (Å²) in [7, 11) is 0. The molecule has 6 heteroatoms. The number of phenolic OH excluding ortho intramolecular Hbond substituents is 1. The van der Waals surface area contributed by atoms with Gasteiger partial charge in [0.1, 0.15) is 11.4 Å². The summed E-state index contributed by atoms with van der Waals surface area (Å²) < 4.78 is 5.29. The quantitative estimate of drug-likeness (QED) is 0.770. The maximum atomic E-state index is 9.85. The van der Waals surface area contributed by atoms with Crippen LogP contribution in [0.5, 0.6) is 5.75 Å². The summed E-state index contributed by atoms with van der Waals surface area (Å²) in [5.74, 6) is 1.83. The predicted molar refractivity (Wildman–Crippen MR) is 75.6 cm³/mol. The van der Waals surface area contributed by atoms with Crippen LogP contribution in [-0.2, 0) is 0 Å². The van der Waals surface area contributed by atoms with Crippen molar-refractivity contribution in [2.75, 3.05) is 0 Å². The van der Waals surface area contributed by atoms with Crippen molar-refractivity contribution in [2.24, 2.45) is 0 Å². The topological polar surface area (TPSA) is 87.8 Å². The van der Waals surface area contributed by atoms with Crippen LogP contribution in [0.25, 0.3) is 22.8 Å². The number of H-pyrrole nitrogens is 1. The van der Waals surface area contributed by atoms with Crippen molar-refractivity contribution in [2.45, 2.75) is 25.2 Å². The van der Waals surface area contributed by atoms with Crippen LogP contribution >= 0.6 is 0 Å². The molecule has 0 spiro atoms. The SMILES string of the molecule is Oc1ccccc1-c1cc(-c2nc(C3CCC3)no2)[nH]n1. The number of hydrogen-bond acceptors (Lipinski definition) is 5. The zero-order valence-corrected chi connectivity index (χ0v) is 11.3. The summed E-state index contributed by atoms with van der Waals surface area (Å²) in [5, 5.41) is 21.0. The van der Waals surface area contributed by atoms with Crippen molar-refractivity contribution in [1.82, 2.24) is 20.3 Å². The van der Waals surface area contributed by atoms with Gasteiger partial charge in [0.25, 0.3) is 5.89 Å². The van der Waals surface area contributed by atoms with Crippen molar-refractivity contribution in [1.29, 1.82) is 0 Å². The van der Waals surface area contributed by atoms with Crippen LogP contribution in [0.4, 0.5) is 0 Å². The first-order chi connectivity index (χ1) is 10.3. The lowest BCUT2D eigenvalue weighted by Gasteiger charge is -2.20. The Balaban J connectivity index is 1.65. The third-order valence-electron chi connectivity index (χ3n) is 3.90. The molecule has 21 heavy (non-hydrogen) atoms. The molecule has 0 unspecified atom stereocenters. The first-order valence-electron chi connectivity index (χ1n) is 6.99. The number of phenols is 1. The second-order valence-corrected chi connectivity index (χ2v) is 5.27. The van der Waals surface area contributed by atoms with Crippen LogP contribution in [0.15, 0.2) is 34.9 Å². The number of nitrogens with zero attached hydrogens (tertiary/aromatic N) is 3. The van der Waals surface area contributed by atoms with Gasteiger partial charge in [-0.25, -0.2) is 0 Å². The summed E-state index contributed by atoms with van der Waals surface area (Å²) in [5.41, 5.74) is 1.97. The molecule has 4 rings (SSSR count). The molecule has 2 N–H and O–H groups in total. The van der Waals surface area contributed by atoms with Gasteiger partial charge in [-0.1, -0.05) is 23.7 Å². The zero-order chi connectivity index (χ0) is 14.2. The molecule has 106 valence electrons. The van der Waals surface area contributed by atoms with Crippen molar-refractivity contribution < 1.29 is 9.63 Å². The van der Waals surface area contributed by atoms with E-state index in [2.05, 4.69) is 20.3 Å². The Kier molecular flexibility index (Phi) is 2.73. The van der Waals surface area contributed by atoms with Crippen molar-refractivity contribution in [3.63, 3.8) is 0 Å². The maximum Gasteiger partial charge on any atom is 0.275 e. The molecular weight excluding hydrogens is 268 g/mol. The van der Waals surface area contributed by atoms with E-state index >= 15 is 0 Å². The van der Waals surface area contributed by atoms with Crippen LogP contribution in [0.2, 0.25) is 0 Å². The number of nitrogens with one attached hydrogen (secondary N) is 1. The lowest BCUT2D eigenvalue weighted by atomic mass is 9.85. The van der Waals surface area contributed by atoms with E-state index in [0.717, 1.165) is 18.7 Å². The lowest BCUT2D eigenvalue weighted by Crippen LogP contribution is -2.10. The average molecular weight is 282 g/mol. The van der Waals surface area contributed by atoms with Gasteiger partial charge in [0.15, 0.2) is 5.82 Å². The van der Waals surface area contributed by atoms with Gasteiger partial charge in [-0.05, 0) is 31.0 Å². The lowest BCUT2D eigenvalue weighted by molar-refractivity contribution is 0.366. The molecule has 0 radical (unpaired) electrons. The average Bonchev–Trinajstić information content (AvgIpc) is 3.06. The first kappa shape index (κ1) is 12.1. The van der Waals surface area contributed by atoms with Gasteiger partial charge in [0, 0.05) is 11.5 Å². The Bertz CT molecular complexity index is 773. The molecule has 0 amide bonds. The van der Waals surface area contributed by atoms with Gasteiger partial charge >= 0.3 is 0 Å². The normalized spacial score (nSPS) is 15.0. The number of aromatic hydroxyl groups is 1. The second-order valence-electron chi connectivity index (χ2n) is 5.27. The van der Waals surface area contributed by atoms with Crippen LogP contribution in [0, 0.1) is 0 Å². The Hall–Kier alpha value is -2.63. The minimum atomic E-state index is 0.191. The van der Waals surface area contributed by atoms with Gasteiger partial charge in [-0.2, -0.15) is 10.1 Å². The standard InChI is InChI=1S/C15H14N4O2/c20-13-7-2-1-6-10(13)11-8-12(18-17-11)15-16-14(19-21-15)9-4-3-5-9/h1-2,6-9,20H,3-5H2,(H,17,18). The molecular formula is C15H14N4O2. The van der Waals surface area contributed by atoms with E-state index in [1.165, 1.54) is 6.42 Å². The molecule has 3 aromatic rings. The molecule has 0 aliphatic heterocycles. The van der Waals surface area contributed by atoms with E-state index in [9.17, 15) is 5.11 Å². The third kappa shape index (κ3) is 2.08. The Morgan fingerprint density at radius 1 is 1.24 bits per heavy atom. The Morgan fingerprint density at radius 2 is 2.10 bits per heavy atom. The van der Waals surface area contributed by atoms with Crippen molar-refractivity contribution in [3.8, 4) is 28.6 Å². The van der Waals surface area contributed by atoms with Gasteiger partial charge in [0.2, 0.25) is 0 Å². The first-order valence-corrected chi connectivity index (χ1v) is 6.99. The third-order valence-corrected chi connectivity index (χ3v) is 3.90. The van der Waals surface area contributed by atoms with Crippen LogP contribution in [0.3, 0.4) is 0 Å². The van der Waals surface area contributed by atoms with E-state index in [-0.39, 0.29) is 5.75 Å². The largest absolute Gasteiger partial charge is 0.507 e. The van der Waals surface area contributed by atoms with E-state index in [1.54, 1.807) is 18.2 Å². The number of benzene rings is 1. The summed E-state index contributed by atoms with van der Waals surface area (Å²) in [6, 6.07) is 8.86. The number of para-hydroxylation sites is 1.